The standard InChI is InChI=1S/C20H20N6OS/c1-3-15(21)13-9-14(18(27)10-16(13)22)19-23-24-20(28)26(19)12-4-5-17-11(8-12)6-7-25(17)2/h4-10,21,27H,3,22H2,1-2H3,(H,24,28). The van der Waals surface area contributed by atoms with E-state index in [1.54, 1.807) is 10.6 Å². The normalized spacial score (nSPS) is 11.2. The van der Waals surface area contributed by atoms with Crippen molar-refractivity contribution in [1.29, 1.82) is 5.41 Å². The molecule has 4 aromatic rings. The van der Waals surface area contributed by atoms with Crippen molar-refractivity contribution in [1.82, 2.24) is 19.3 Å². The highest BCUT2D eigenvalue weighted by atomic mass is 32.1. The summed E-state index contributed by atoms with van der Waals surface area (Å²) in [6.45, 7) is 1.89. The van der Waals surface area contributed by atoms with Gasteiger partial charge in [0.2, 0.25) is 0 Å². The van der Waals surface area contributed by atoms with Gasteiger partial charge in [0.05, 0.1) is 11.3 Å². The van der Waals surface area contributed by atoms with Gasteiger partial charge >= 0.3 is 0 Å². The number of nitrogens with zero attached hydrogens (tertiary/aromatic N) is 3. The van der Waals surface area contributed by atoms with Crippen LogP contribution in [0, 0.1) is 10.2 Å². The van der Waals surface area contributed by atoms with E-state index in [0.717, 1.165) is 16.6 Å². The van der Waals surface area contributed by atoms with Crippen LogP contribution in [0.15, 0.2) is 42.6 Å². The molecule has 0 amide bonds. The van der Waals surface area contributed by atoms with Crippen LogP contribution in [-0.4, -0.2) is 30.1 Å². The molecule has 7 nitrogen and oxygen atoms in total. The lowest BCUT2D eigenvalue weighted by molar-refractivity contribution is 0.477. The first kappa shape index (κ1) is 18.0. The van der Waals surface area contributed by atoms with Gasteiger partial charge in [-0.3, -0.25) is 9.67 Å². The molecule has 0 aliphatic carbocycles. The lowest BCUT2D eigenvalue weighted by Crippen LogP contribution is -2.04. The molecule has 0 fully saturated rings. The number of aromatic hydroxyl groups is 1. The minimum Gasteiger partial charge on any atom is -0.507 e. The quantitative estimate of drug-likeness (QED) is 0.238. The van der Waals surface area contributed by atoms with Crippen LogP contribution in [0.25, 0.3) is 28.0 Å². The van der Waals surface area contributed by atoms with Gasteiger partial charge in [-0.05, 0) is 49.0 Å². The van der Waals surface area contributed by atoms with E-state index in [9.17, 15) is 5.11 Å². The number of nitrogen functional groups attached to an aromatic ring is 1. The summed E-state index contributed by atoms with van der Waals surface area (Å²) in [6, 6.07) is 11.2. The molecule has 0 aliphatic heterocycles. The zero-order valence-corrected chi connectivity index (χ0v) is 16.3. The molecule has 28 heavy (non-hydrogen) atoms. The van der Waals surface area contributed by atoms with Crippen LogP contribution in [0.1, 0.15) is 18.9 Å². The summed E-state index contributed by atoms with van der Waals surface area (Å²) < 4.78 is 4.23. The second kappa shape index (κ2) is 6.65. The number of rotatable bonds is 4. The molecular weight excluding hydrogens is 372 g/mol. The van der Waals surface area contributed by atoms with Crippen molar-refractivity contribution in [3.8, 4) is 22.8 Å². The highest BCUT2D eigenvalue weighted by molar-refractivity contribution is 7.71. The van der Waals surface area contributed by atoms with Crippen LogP contribution in [0.4, 0.5) is 5.69 Å². The van der Waals surface area contributed by atoms with E-state index in [2.05, 4.69) is 10.2 Å². The van der Waals surface area contributed by atoms with Gasteiger partial charge < -0.3 is 20.8 Å². The van der Waals surface area contributed by atoms with E-state index in [0.29, 0.717) is 39.5 Å². The van der Waals surface area contributed by atoms with Crippen molar-refractivity contribution in [2.24, 2.45) is 7.05 Å². The molecule has 0 saturated heterocycles. The second-order valence-electron chi connectivity index (χ2n) is 6.65. The number of aromatic nitrogens is 4. The van der Waals surface area contributed by atoms with E-state index >= 15 is 0 Å². The highest BCUT2D eigenvalue weighted by Gasteiger charge is 2.18. The Balaban J connectivity index is 1.94. The van der Waals surface area contributed by atoms with E-state index in [4.69, 9.17) is 23.4 Å². The maximum atomic E-state index is 10.5. The smallest absolute Gasteiger partial charge is 0.200 e. The van der Waals surface area contributed by atoms with E-state index in [1.807, 2.05) is 49.0 Å². The number of nitrogens with two attached hydrogens (primary N) is 1. The fourth-order valence-electron chi connectivity index (χ4n) is 3.36. The third-order valence-electron chi connectivity index (χ3n) is 4.89. The number of hydrogen-bond acceptors (Lipinski definition) is 5. The molecule has 0 unspecified atom stereocenters. The third-order valence-corrected chi connectivity index (χ3v) is 5.16. The maximum Gasteiger partial charge on any atom is 0.200 e. The Morgan fingerprint density at radius 1 is 1.29 bits per heavy atom. The van der Waals surface area contributed by atoms with Crippen LogP contribution >= 0.6 is 12.2 Å². The summed E-state index contributed by atoms with van der Waals surface area (Å²) in [5.41, 5.74) is 9.73. The van der Waals surface area contributed by atoms with Crippen LogP contribution in [0.5, 0.6) is 5.75 Å². The maximum absolute atomic E-state index is 10.5. The Kier molecular flexibility index (Phi) is 4.27. The van der Waals surface area contributed by atoms with Gasteiger partial charge in [-0.15, -0.1) is 0 Å². The number of hydrogen-bond donors (Lipinski definition) is 4. The number of fused-ring (bicyclic) bond motifs is 1. The van der Waals surface area contributed by atoms with Crippen molar-refractivity contribution < 1.29 is 5.11 Å². The van der Waals surface area contributed by atoms with Crippen LogP contribution in [-0.2, 0) is 7.05 Å². The second-order valence-corrected chi connectivity index (χ2v) is 7.03. The molecule has 142 valence electrons. The summed E-state index contributed by atoms with van der Waals surface area (Å²) >= 11 is 5.45. The average molecular weight is 392 g/mol. The number of aryl methyl sites for hydroxylation is 1. The SMILES string of the molecule is CCC(=N)c1cc(-c2n[nH]c(=S)n2-c2ccc3c(ccn3C)c2)c(O)cc1N. The number of phenols is 1. The first-order valence-corrected chi connectivity index (χ1v) is 9.25. The predicted molar refractivity (Wildman–Crippen MR) is 114 cm³/mol. The Labute approximate surface area is 166 Å². The van der Waals surface area contributed by atoms with E-state index in [1.165, 1.54) is 6.07 Å². The van der Waals surface area contributed by atoms with Crippen molar-refractivity contribution in [2.75, 3.05) is 5.73 Å². The van der Waals surface area contributed by atoms with Gasteiger partial charge in [0.1, 0.15) is 5.75 Å². The average Bonchev–Trinajstić information content (AvgIpc) is 3.24. The Morgan fingerprint density at radius 3 is 2.82 bits per heavy atom. The van der Waals surface area contributed by atoms with E-state index < -0.39 is 0 Å². The number of benzene rings is 2. The zero-order chi connectivity index (χ0) is 20.0. The topological polar surface area (TPSA) is 109 Å². The first-order valence-electron chi connectivity index (χ1n) is 8.84. The summed E-state index contributed by atoms with van der Waals surface area (Å²) in [4.78, 5) is 0. The van der Waals surface area contributed by atoms with Crippen molar-refractivity contribution in [3.63, 3.8) is 0 Å². The lowest BCUT2D eigenvalue weighted by Gasteiger charge is -2.12. The minimum atomic E-state index is -0.0128. The number of H-pyrrole nitrogens is 1. The van der Waals surface area contributed by atoms with Crippen LogP contribution in [0.2, 0.25) is 0 Å². The highest BCUT2D eigenvalue weighted by Crippen LogP contribution is 2.34. The molecule has 2 heterocycles. The first-order chi connectivity index (χ1) is 13.4. The van der Waals surface area contributed by atoms with Crippen molar-refractivity contribution >= 4 is 34.5 Å². The molecule has 0 bridgehead atoms. The molecule has 0 radical (unpaired) electrons. The fraction of sp³-hybridized carbons (Fsp3) is 0.150. The van der Waals surface area contributed by atoms with Gasteiger partial charge in [0.15, 0.2) is 10.6 Å². The number of aromatic amines is 1. The summed E-state index contributed by atoms with van der Waals surface area (Å²) in [7, 11) is 1.99. The van der Waals surface area contributed by atoms with Gasteiger partial charge in [0.25, 0.3) is 0 Å². The van der Waals surface area contributed by atoms with E-state index in [-0.39, 0.29) is 5.75 Å². The largest absolute Gasteiger partial charge is 0.507 e. The molecule has 0 atom stereocenters. The molecular formula is C20H20N6OS. The van der Waals surface area contributed by atoms with Gasteiger partial charge in [-0.2, -0.15) is 5.10 Å². The predicted octanol–water partition coefficient (Wildman–Crippen LogP) is 4.15. The minimum absolute atomic E-state index is 0.0128. The van der Waals surface area contributed by atoms with Crippen molar-refractivity contribution in [2.45, 2.75) is 13.3 Å². The molecule has 0 saturated carbocycles. The molecule has 0 aliphatic rings. The van der Waals surface area contributed by atoms with Gasteiger partial charge in [0, 0.05) is 47.2 Å². The summed E-state index contributed by atoms with van der Waals surface area (Å²) in [5.74, 6) is 0.448. The fourth-order valence-corrected chi connectivity index (χ4v) is 3.60. The van der Waals surface area contributed by atoms with Crippen molar-refractivity contribution in [3.05, 3.63) is 52.9 Å². The summed E-state index contributed by atoms with van der Waals surface area (Å²) in [5, 5.41) is 26.9. The van der Waals surface area contributed by atoms with Gasteiger partial charge in [-0.25, -0.2) is 0 Å². The Hall–Kier alpha value is -3.39. The molecule has 5 N–H and O–H groups in total. The monoisotopic (exact) mass is 392 g/mol. The number of nitrogens with one attached hydrogen (secondary N) is 2. The van der Waals surface area contributed by atoms with Gasteiger partial charge in [-0.1, -0.05) is 6.92 Å². The lowest BCUT2D eigenvalue weighted by atomic mass is 10.0. The number of anilines is 1. The number of phenolic OH excluding ortho intramolecular Hbond substituents is 1. The molecule has 2 aromatic heterocycles. The van der Waals surface area contributed by atoms with Crippen LogP contribution in [0.3, 0.4) is 0 Å². The Bertz CT molecular complexity index is 1280. The molecule has 2 aromatic carbocycles. The Morgan fingerprint density at radius 2 is 2.07 bits per heavy atom. The zero-order valence-electron chi connectivity index (χ0n) is 15.5. The molecule has 4 rings (SSSR count). The molecule has 0 spiro atoms. The van der Waals surface area contributed by atoms with Crippen LogP contribution < -0.4 is 5.73 Å². The third kappa shape index (κ3) is 2.78. The summed E-state index contributed by atoms with van der Waals surface area (Å²) in [6.07, 6.45) is 2.53. The molecule has 8 heteroatoms.